The van der Waals surface area contributed by atoms with Gasteiger partial charge in [0.2, 0.25) is 0 Å². The van der Waals surface area contributed by atoms with Crippen molar-refractivity contribution in [1.29, 1.82) is 0 Å². The van der Waals surface area contributed by atoms with Crippen LogP contribution in [-0.4, -0.2) is 21.0 Å². The van der Waals surface area contributed by atoms with Crippen LogP contribution in [0.2, 0.25) is 0 Å². The summed E-state index contributed by atoms with van der Waals surface area (Å²) < 4.78 is 1.18. The molecule has 0 bridgehead atoms. The van der Waals surface area contributed by atoms with E-state index in [1.807, 2.05) is 24.6 Å². The number of anilines is 1. The van der Waals surface area contributed by atoms with Crippen LogP contribution in [-0.2, 0) is 0 Å². The number of hydrogen-bond donors (Lipinski definition) is 1. The normalized spacial score (nSPS) is 12.5. The lowest BCUT2D eigenvalue weighted by Crippen LogP contribution is -2.16. The van der Waals surface area contributed by atoms with Gasteiger partial charge in [0.05, 0.1) is 21.4 Å². The summed E-state index contributed by atoms with van der Waals surface area (Å²) in [7, 11) is 0. The minimum absolute atomic E-state index is 0.413. The van der Waals surface area contributed by atoms with E-state index in [-0.39, 0.29) is 0 Å². The number of aryl methyl sites for hydroxylation is 1. The number of nitrogens with one attached hydrogen (secondary N) is 1. The van der Waals surface area contributed by atoms with Gasteiger partial charge in [-0.1, -0.05) is 19.4 Å². The monoisotopic (exact) mass is 312 g/mol. The number of benzene rings is 1. The van der Waals surface area contributed by atoms with Crippen LogP contribution in [0.5, 0.6) is 0 Å². The molecule has 5 heteroatoms. The highest BCUT2D eigenvalue weighted by molar-refractivity contribution is 7.16. The van der Waals surface area contributed by atoms with Crippen molar-refractivity contribution in [3.05, 3.63) is 35.6 Å². The summed E-state index contributed by atoms with van der Waals surface area (Å²) in [5, 5.41) is 3.47. The zero-order valence-corrected chi connectivity index (χ0v) is 13.9. The van der Waals surface area contributed by atoms with Crippen LogP contribution in [0.4, 0.5) is 5.82 Å². The van der Waals surface area contributed by atoms with Crippen LogP contribution in [0.15, 0.2) is 29.8 Å². The SMILES string of the molecule is CCCC(C)Nc1cc(-c2ccc3ncsc3c2)nc(C)n1. The Morgan fingerprint density at radius 1 is 1.23 bits per heavy atom. The zero-order chi connectivity index (χ0) is 15.5. The van der Waals surface area contributed by atoms with E-state index < -0.39 is 0 Å². The summed E-state index contributed by atoms with van der Waals surface area (Å²) in [4.78, 5) is 13.4. The molecular formula is C17H20N4S. The van der Waals surface area contributed by atoms with Gasteiger partial charge < -0.3 is 5.32 Å². The molecular weight excluding hydrogens is 292 g/mol. The standard InChI is InChI=1S/C17H20N4S/c1-4-5-11(2)19-17-9-15(20-12(3)21-17)13-6-7-14-16(8-13)22-10-18-14/h6-11H,4-5H2,1-3H3,(H,19,20,21). The highest BCUT2D eigenvalue weighted by Gasteiger charge is 2.08. The number of hydrogen-bond acceptors (Lipinski definition) is 5. The predicted octanol–water partition coefficient (Wildman–Crippen LogP) is 4.66. The molecule has 1 N–H and O–H groups in total. The first-order chi connectivity index (χ1) is 10.7. The van der Waals surface area contributed by atoms with E-state index in [0.717, 1.165) is 41.3 Å². The third-order valence-corrected chi connectivity index (χ3v) is 4.37. The van der Waals surface area contributed by atoms with Gasteiger partial charge in [0.15, 0.2) is 0 Å². The Morgan fingerprint density at radius 2 is 2.09 bits per heavy atom. The van der Waals surface area contributed by atoms with Crippen molar-refractivity contribution in [2.45, 2.75) is 39.7 Å². The van der Waals surface area contributed by atoms with Crippen molar-refractivity contribution >= 4 is 27.4 Å². The number of thiazole rings is 1. The molecule has 1 aromatic carbocycles. The third kappa shape index (κ3) is 3.25. The van der Waals surface area contributed by atoms with Gasteiger partial charge in [0.25, 0.3) is 0 Å². The molecule has 0 amide bonds. The van der Waals surface area contributed by atoms with Crippen LogP contribution >= 0.6 is 11.3 Å². The van der Waals surface area contributed by atoms with Gasteiger partial charge in [0, 0.05) is 17.7 Å². The molecule has 0 saturated heterocycles. The Hall–Kier alpha value is -2.01. The Labute approximate surface area is 134 Å². The summed E-state index contributed by atoms with van der Waals surface area (Å²) in [6, 6.07) is 8.71. The molecule has 4 nitrogen and oxygen atoms in total. The Kier molecular flexibility index (Phi) is 4.34. The highest BCUT2D eigenvalue weighted by Crippen LogP contribution is 2.26. The topological polar surface area (TPSA) is 50.7 Å². The van der Waals surface area contributed by atoms with Crippen molar-refractivity contribution in [1.82, 2.24) is 15.0 Å². The summed E-state index contributed by atoms with van der Waals surface area (Å²) >= 11 is 1.65. The molecule has 2 aromatic heterocycles. The molecule has 114 valence electrons. The summed E-state index contributed by atoms with van der Waals surface area (Å²) in [5.74, 6) is 1.68. The molecule has 0 aliphatic heterocycles. The second-order valence-corrected chi connectivity index (χ2v) is 6.44. The van der Waals surface area contributed by atoms with E-state index in [0.29, 0.717) is 6.04 Å². The lowest BCUT2D eigenvalue weighted by Gasteiger charge is -2.14. The van der Waals surface area contributed by atoms with Crippen molar-refractivity contribution < 1.29 is 0 Å². The summed E-state index contributed by atoms with van der Waals surface area (Å²) in [5.41, 5.74) is 4.97. The van der Waals surface area contributed by atoms with Crippen LogP contribution < -0.4 is 5.32 Å². The van der Waals surface area contributed by atoms with Crippen LogP contribution in [0.3, 0.4) is 0 Å². The van der Waals surface area contributed by atoms with E-state index in [2.05, 4.69) is 46.2 Å². The molecule has 0 spiro atoms. The van der Waals surface area contributed by atoms with E-state index in [1.165, 1.54) is 4.70 Å². The van der Waals surface area contributed by atoms with Gasteiger partial charge >= 0.3 is 0 Å². The van der Waals surface area contributed by atoms with E-state index >= 15 is 0 Å². The molecule has 3 aromatic rings. The van der Waals surface area contributed by atoms with Crippen LogP contribution in [0.25, 0.3) is 21.5 Å². The molecule has 22 heavy (non-hydrogen) atoms. The molecule has 0 aliphatic rings. The average molecular weight is 312 g/mol. The molecule has 1 unspecified atom stereocenters. The Morgan fingerprint density at radius 3 is 2.91 bits per heavy atom. The second-order valence-electron chi connectivity index (χ2n) is 5.55. The maximum absolute atomic E-state index is 4.58. The van der Waals surface area contributed by atoms with Crippen molar-refractivity contribution in [3.63, 3.8) is 0 Å². The maximum Gasteiger partial charge on any atom is 0.130 e. The maximum atomic E-state index is 4.58. The number of fused-ring (bicyclic) bond motifs is 1. The quantitative estimate of drug-likeness (QED) is 0.744. The first-order valence-corrected chi connectivity index (χ1v) is 8.49. The predicted molar refractivity (Wildman–Crippen MR) is 93.4 cm³/mol. The summed E-state index contributed by atoms with van der Waals surface area (Å²) in [6.07, 6.45) is 2.29. The van der Waals surface area contributed by atoms with Crippen LogP contribution in [0, 0.1) is 6.92 Å². The fraction of sp³-hybridized carbons (Fsp3) is 0.353. The average Bonchev–Trinajstić information content (AvgIpc) is 2.94. The lowest BCUT2D eigenvalue weighted by molar-refractivity contribution is 0.686. The van der Waals surface area contributed by atoms with Crippen molar-refractivity contribution in [2.24, 2.45) is 0 Å². The van der Waals surface area contributed by atoms with Crippen molar-refractivity contribution in [2.75, 3.05) is 5.32 Å². The van der Waals surface area contributed by atoms with Crippen molar-refractivity contribution in [3.8, 4) is 11.3 Å². The van der Waals surface area contributed by atoms with Gasteiger partial charge in [-0.15, -0.1) is 11.3 Å². The number of nitrogens with zero attached hydrogens (tertiary/aromatic N) is 3. The van der Waals surface area contributed by atoms with Gasteiger partial charge in [-0.25, -0.2) is 15.0 Å². The summed E-state index contributed by atoms with van der Waals surface area (Å²) in [6.45, 7) is 6.31. The molecule has 0 aliphatic carbocycles. The molecule has 1 atom stereocenters. The minimum atomic E-state index is 0.413. The van der Waals surface area contributed by atoms with E-state index in [9.17, 15) is 0 Å². The zero-order valence-electron chi connectivity index (χ0n) is 13.1. The van der Waals surface area contributed by atoms with Crippen LogP contribution in [0.1, 0.15) is 32.5 Å². The van der Waals surface area contributed by atoms with Gasteiger partial charge in [-0.05, 0) is 32.4 Å². The third-order valence-electron chi connectivity index (χ3n) is 3.58. The Bertz CT molecular complexity index is 781. The molecule has 0 radical (unpaired) electrons. The molecule has 0 fully saturated rings. The van der Waals surface area contributed by atoms with E-state index in [4.69, 9.17) is 0 Å². The molecule has 2 heterocycles. The Balaban J connectivity index is 1.94. The first kappa shape index (κ1) is 14.9. The number of rotatable bonds is 5. The molecule has 0 saturated carbocycles. The van der Waals surface area contributed by atoms with Gasteiger partial charge in [-0.2, -0.15) is 0 Å². The smallest absolute Gasteiger partial charge is 0.130 e. The lowest BCUT2D eigenvalue weighted by atomic mass is 10.1. The minimum Gasteiger partial charge on any atom is -0.367 e. The molecule has 3 rings (SSSR count). The fourth-order valence-corrected chi connectivity index (χ4v) is 3.28. The first-order valence-electron chi connectivity index (χ1n) is 7.61. The van der Waals surface area contributed by atoms with Gasteiger partial charge in [-0.3, -0.25) is 0 Å². The van der Waals surface area contributed by atoms with E-state index in [1.54, 1.807) is 11.3 Å². The second kappa shape index (κ2) is 6.40. The fourth-order valence-electron chi connectivity index (χ4n) is 2.56. The number of aromatic nitrogens is 3. The largest absolute Gasteiger partial charge is 0.367 e. The van der Waals surface area contributed by atoms with Gasteiger partial charge in [0.1, 0.15) is 11.6 Å². The highest BCUT2D eigenvalue weighted by atomic mass is 32.1.